The number of carbonyl (C=O) groups excluding carboxylic acids is 2. The molecule has 10 nitrogen and oxygen atoms in total. The highest BCUT2D eigenvalue weighted by Crippen LogP contribution is 2.16. The van der Waals surface area contributed by atoms with Crippen LogP contribution in [-0.4, -0.2) is 124 Å². The smallest absolute Gasteiger partial charge is 0.330 e. The molecule has 0 radical (unpaired) electrons. The van der Waals surface area contributed by atoms with Gasteiger partial charge in [0.1, 0.15) is 13.2 Å². The Hall–Kier alpha value is -0.692. The van der Waals surface area contributed by atoms with Crippen molar-refractivity contribution in [1.29, 1.82) is 0 Å². The van der Waals surface area contributed by atoms with Gasteiger partial charge in [0, 0.05) is 52.0 Å². The van der Waals surface area contributed by atoms with Gasteiger partial charge in [0.25, 0.3) is 0 Å². The molecule has 2 rings (SSSR count). The van der Waals surface area contributed by atoms with Crippen molar-refractivity contribution < 1.29 is 36.8 Å². The number of hydrogen-bond acceptors (Lipinski definition) is 10. The number of carbonyl (C=O) groups is 2. The third-order valence-corrected chi connectivity index (χ3v) is 17.8. The predicted molar refractivity (Wildman–Crippen MR) is 181 cm³/mol. The van der Waals surface area contributed by atoms with Gasteiger partial charge in [-0.2, -0.15) is 0 Å². The summed E-state index contributed by atoms with van der Waals surface area (Å²) in [4.78, 5) is 24.3. The zero-order valence-corrected chi connectivity index (χ0v) is 32.3. The number of esters is 2. The molecule has 2 fully saturated rings. The van der Waals surface area contributed by atoms with Crippen molar-refractivity contribution in [3.05, 3.63) is 12.7 Å². The highest BCUT2D eigenvalue weighted by atomic mass is 28.4. The lowest BCUT2D eigenvalue weighted by Gasteiger charge is -2.25. The van der Waals surface area contributed by atoms with E-state index in [-0.39, 0.29) is 5.97 Å². The van der Waals surface area contributed by atoms with Gasteiger partial charge in [-0.3, -0.25) is 4.79 Å². The van der Waals surface area contributed by atoms with Crippen LogP contribution in [0.5, 0.6) is 0 Å². The Kier molecular flexibility index (Phi) is 24.2. The maximum Gasteiger partial charge on any atom is 0.330 e. The molecule has 1 N–H and O–H groups in total. The lowest BCUT2D eigenvalue weighted by molar-refractivity contribution is -0.145. The molecule has 2 saturated heterocycles. The molecule has 0 aromatic rings. The minimum Gasteiger partial charge on any atom is -0.463 e. The largest absolute Gasteiger partial charge is 0.463 e. The zero-order valence-electron chi connectivity index (χ0n) is 28.0. The molecule has 0 spiro atoms. The van der Waals surface area contributed by atoms with Gasteiger partial charge in [0.2, 0.25) is 0 Å². The molecular weight excluding hydrogens is 605 g/mol. The Bertz CT molecular complexity index is 721. The second kappa shape index (κ2) is 24.6. The van der Waals surface area contributed by atoms with E-state index in [0.717, 1.165) is 57.2 Å². The molecular formula is C28H62N2O8Si4. The first-order valence-corrected chi connectivity index (χ1v) is 27.4. The fraction of sp³-hybridized carbons (Fsp3) is 0.857. The second-order valence-electron chi connectivity index (χ2n) is 12.2. The van der Waals surface area contributed by atoms with Crippen LogP contribution >= 0.6 is 0 Å². The van der Waals surface area contributed by atoms with Gasteiger partial charge in [-0.15, -0.1) is 0 Å². The molecule has 0 aromatic carbocycles. The third-order valence-electron chi connectivity index (χ3n) is 5.80. The van der Waals surface area contributed by atoms with E-state index >= 15 is 0 Å². The highest BCUT2D eigenvalue weighted by Gasteiger charge is 2.23. The first-order valence-electron chi connectivity index (χ1n) is 15.7. The molecule has 0 unspecified atom stereocenters. The van der Waals surface area contributed by atoms with Crippen molar-refractivity contribution in [2.45, 2.75) is 83.7 Å². The summed E-state index contributed by atoms with van der Waals surface area (Å²) in [6.07, 6.45) is 3.69. The van der Waals surface area contributed by atoms with Crippen molar-refractivity contribution in [2.75, 3.05) is 72.4 Å². The van der Waals surface area contributed by atoms with Crippen LogP contribution in [0.4, 0.5) is 0 Å². The maximum absolute atomic E-state index is 11.4. The summed E-state index contributed by atoms with van der Waals surface area (Å²) in [7, 11) is -4.81. The normalized spacial score (nSPS) is 14.4. The van der Waals surface area contributed by atoms with Gasteiger partial charge in [-0.25, -0.2) is 4.79 Å². The molecule has 0 aliphatic carbocycles. The average Bonchev–Trinajstić information content (AvgIpc) is 3.78. The molecule has 2 heterocycles. The molecule has 2 aliphatic heterocycles. The summed E-state index contributed by atoms with van der Waals surface area (Å²) in [5.41, 5.74) is 0. The Balaban J connectivity index is 0.000000732. The van der Waals surface area contributed by atoms with E-state index in [1.54, 1.807) is 0 Å². The fourth-order valence-electron chi connectivity index (χ4n) is 3.89. The Morgan fingerprint density at radius 1 is 0.786 bits per heavy atom. The molecule has 0 amide bonds. The van der Waals surface area contributed by atoms with E-state index in [4.69, 9.17) is 27.2 Å². The number of hydrogen-bond donors (Lipinski definition) is 1. The van der Waals surface area contributed by atoms with Crippen LogP contribution in [-0.2, 0) is 36.8 Å². The van der Waals surface area contributed by atoms with E-state index in [1.165, 1.54) is 13.1 Å². The van der Waals surface area contributed by atoms with E-state index in [2.05, 4.69) is 69.2 Å². The van der Waals surface area contributed by atoms with Gasteiger partial charge in [0.05, 0.1) is 19.6 Å². The predicted octanol–water partition coefficient (Wildman–Crippen LogP) is 3.76. The lowest BCUT2D eigenvalue weighted by Crippen LogP contribution is -2.35. The number of nitrogens with one attached hydrogen (secondary N) is 1. The van der Waals surface area contributed by atoms with Crippen LogP contribution in [0.2, 0.25) is 64.5 Å². The summed E-state index contributed by atoms with van der Waals surface area (Å²) in [5.74, 6) is -0.517. The maximum atomic E-state index is 11.4. The molecule has 2 aliphatic rings. The fourth-order valence-corrected chi connectivity index (χ4v) is 17.0. The molecule has 0 saturated carbocycles. The molecule has 14 heteroatoms. The van der Waals surface area contributed by atoms with Crippen molar-refractivity contribution in [2.24, 2.45) is 0 Å². The Morgan fingerprint density at radius 2 is 1.24 bits per heavy atom. The van der Waals surface area contributed by atoms with E-state index < -0.39 is 40.7 Å². The molecule has 0 aromatic heterocycles. The summed E-state index contributed by atoms with van der Waals surface area (Å²) < 4.78 is 33.0. The minimum atomic E-state index is -1.48. The van der Waals surface area contributed by atoms with Gasteiger partial charge in [-0.05, 0) is 77.3 Å². The van der Waals surface area contributed by atoms with E-state index in [9.17, 15) is 9.59 Å². The quantitative estimate of drug-likeness (QED) is 0.0602. The van der Waals surface area contributed by atoms with Gasteiger partial charge in [0.15, 0.2) is 34.7 Å². The highest BCUT2D eigenvalue weighted by molar-refractivity contribution is 6.78. The van der Waals surface area contributed by atoms with Crippen LogP contribution in [0.15, 0.2) is 12.7 Å². The molecule has 248 valence electrons. The van der Waals surface area contributed by atoms with Gasteiger partial charge >= 0.3 is 11.9 Å². The first-order chi connectivity index (χ1) is 19.8. The van der Waals surface area contributed by atoms with Crippen LogP contribution < -0.4 is 5.32 Å². The van der Waals surface area contributed by atoms with E-state index in [1.807, 2.05) is 0 Å². The minimum absolute atomic E-state index is 0.116. The lowest BCUT2D eigenvalue weighted by atomic mass is 10.4. The number of ether oxygens (including phenoxy) is 4. The SMILES string of the molecule is C1CN1.C=CC(=O)OCCOCCC[Si](C)(C)O[SiH](C)C.C[SiH](C)O[Si](C)(C)CCCOCCOC(=O)CCN1CC1. The molecule has 0 bridgehead atoms. The van der Waals surface area contributed by atoms with Crippen LogP contribution in [0.25, 0.3) is 0 Å². The van der Waals surface area contributed by atoms with Crippen molar-refractivity contribution in [1.82, 2.24) is 10.2 Å². The monoisotopic (exact) mass is 666 g/mol. The summed E-state index contributed by atoms with van der Waals surface area (Å²) in [6.45, 7) is 29.9. The average molecular weight is 667 g/mol. The van der Waals surface area contributed by atoms with Gasteiger partial charge in [-0.1, -0.05) is 6.58 Å². The Labute approximate surface area is 261 Å². The zero-order chi connectivity index (χ0) is 31.9. The Morgan fingerprint density at radius 3 is 1.62 bits per heavy atom. The standard InChI is InChI=1S/C14H31NO4Si2.C12H26O4Si2.C2H5N/c1-20(2)19-21(3,4)13-5-10-17-11-12-18-14(16)6-7-15-8-9-15;1-6-12(13)15-10-9-14-8-7-11-18(4,5)16-17(2)3;1-2-3-1/h20H,5-13H2,1-4H3;6,17H,1,7-11H2,2-5H3;3H,1-2H2. The number of rotatable bonds is 22. The summed E-state index contributed by atoms with van der Waals surface area (Å²) in [6, 6.07) is 2.25. The molecule has 0 atom stereocenters. The summed E-state index contributed by atoms with van der Waals surface area (Å²) >= 11 is 0. The number of nitrogens with zero attached hydrogens (tertiary/aromatic N) is 1. The van der Waals surface area contributed by atoms with E-state index in [0.29, 0.717) is 39.5 Å². The second-order valence-corrected chi connectivity index (χ2v) is 26.3. The molecule has 42 heavy (non-hydrogen) atoms. The van der Waals surface area contributed by atoms with Crippen molar-refractivity contribution >= 4 is 46.7 Å². The first kappa shape index (κ1) is 41.3. The van der Waals surface area contributed by atoms with Crippen LogP contribution in [0, 0.1) is 0 Å². The van der Waals surface area contributed by atoms with Crippen LogP contribution in [0.1, 0.15) is 19.3 Å². The van der Waals surface area contributed by atoms with Gasteiger partial charge < -0.3 is 37.4 Å². The summed E-state index contributed by atoms with van der Waals surface area (Å²) in [5, 5.41) is 3.00. The topological polar surface area (TPSA) is 114 Å². The van der Waals surface area contributed by atoms with Crippen molar-refractivity contribution in [3.8, 4) is 0 Å². The van der Waals surface area contributed by atoms with Crippen LogP contribution in [0.3, 0.4) is 0 Å². The van der Waals surface area contributed by atoms with Crippen molar-refractivity contribution in [3.63, 3.8) is 0 Å². The third kappa shape index (κ3) is 32.2.